The number of para-hydroxylation sites is 2. The maximum atomic E-state index is 12.3. The first-order valence-electron chi connectivity index (χ1n) is 9.18. The quantitative estimate of drug-likeness (QED) is 0.541. The monoisotopic (exact) mass is 397 g/mol. The second-order valence-electron chi connectivity index (χ2n) is 7.04. The molecule has 5 rings (SSSR count). The summed E-state index contributed by atoms with van der Waals surface area (Å²) < 4.78 is 12.9. The Labute approximate surface area is 165 Å². The van der Waals surface area contributed by atoms with Crippen LogP contribution in [0.15, 0.2) is 62.2 Å². The van der Waals surface area contributed by atoms with Crippen molar-refractivity contribution < 1.29 is 13.7 Å². The molecule has 2 aromatic heterocycles. The number of oxazole rings is 1. The number of fused-ring (bicyclic) bond motifs is 1. The summed E-state index contributed by atoms with van der Waals surface area (Å²) in [4.78, 5) is 13.5. The van der Waals surface area contributed by atoms with Gasteiger partial charge in [0, 0.05) is 23.4 Å². The average Bonchev–Trinajstić information content (AvgIpc) is 3.37. The maximum absolute atomic E-state index is 12.3. The highest BCUT2D eigenvalue weighted by Crippen LogP contribution is 2.21. The van der Waals surface area contributed by atoms with E-state index < -0.39 is 0 Å². The zero-order chi connectivity index (χ0) is 19.1. The van der Waals surface area contributed by atoms with Crippen LogP contribution in [-0.2, 0) is 13.2 Å². The lowest BCUT2D eigenvalue weighted by atomic mass is 10.2. The molecule has 0 amide bonds. The van der Waals surface area contributed by atoms with Crippen LogP contribution in [0.1, 0.15) is 18.7 Å². The smallest absolute Gasteiger partial charge is 0.415 e. The van der Waals surface area contributed by atoms with E-state index in [9.17, 15) is 4.79 Å². The zero-order valence-electron chi connectivity index (χ0n) is 15.0. The van der Waals surface area contributed by atoms with Crippen molar-refractivity contribution in [2.45, 2.75) is 32.1 Å². The van der Waals surface area contributed by atoms with Crippen molar-refractivity contribution in [2.75, 3.05) is 0 Å². The van der Waals surface area contributed by atoms with E-state index in [1.807, 2.05) is 30.3 Å². The zero-order valence-corrected chi connectivity index (χ0v) is 15.7. The first-order chi connectivity index (χ1) is 13.7. The molecule has 4 aromatic rings. The van der Waals surface area contributed by atoms with Gasteiger partial charge < -0.3 is 13.7 Å². The summed E-state index contributed by atoms with van der Waals surface area (Å²) in [5.41, 5.74) is 2.23. The molecule has 1 fully saturated rings. The Hall–Kier alpha value is -2.90. The molecular weight excluding hydrogens is 380 g/mol. The normalized spacial score (nSPS) is 15.2. The molecule has 0 aliphatic heterocycles. The Bertz CT molecular complexity index is 1170. The van der Waals surface area contributed by atoms with Gasteiger partial charge in [0.1, 0.15) is 0 Å². The molecule has 142 valence electrons. The van der Waals surface area contributed by atoms with E-state index in [1.54, 1.807) is 22.8 Å². The van der Waals surface area contributed by atoms with Crippen molar-refractivity contribution in [2.24, 2.45) is 0 Å². The highest BCUT2D eigenvalue weighted by Gasteiger charge is 2.35. The van der Waals surface area contributed by atoms with Gasteiger partial charge in [-0.3, -0.25) is 0 Å². The van der Waals surface area contributed by atoms with Gasteiger partial charge >= 0.3 is 5.76 Å². The summed E-state index contributed by atoms with van der Waals surface area (Å²) in [6, 6.07) is 15.2. The molecule has 1 aliphatic carbocycles. The van der Waals surface area contributed by atoms with Crippen molar-refractivity contribution in [1.29, 1.82) is 0 Å². The number of rotatable bonds is 6. The second kappa shape index (κ2) is 6.92. The number of nitrogens with zero attached hydrogens (tertiary/aromatic N) is 3. The largest absolute Gasteiger partial charge is 0.424 e. The van der Waals surface area contributed by atoms with Crippen LogP contribution in [0.25, 0.3) is 22.6 Å². The molecule has 2 aromatic carbocycles. The third-order valence-corrected chi connectivity index (χ3v) is 5.28. The Balaban J connectivity index is 1.39. The Kier molecular flexibility index (Phi) is 4.26. The summed E-state index contributed by atoms with van der Waals surface area (Å²) in [5.74, 6) is 0.673. The first kappa shape index (κ1) is 17.2. The fourth-order valence-electron chi connectivity index (χ4n) is 3.42. The van der Waals surface area contributed by atoms with Gasteiger partial charge in [-0.25, -0.2) is 9.36 Å². The van der Waals surface area contributed by atoms with Crippen molar-refractivity contribution in [3.63, 3.8) is 0 Å². The van der Waals surface area contributed by atoms with E-state index in [1.165, 1.54) is 4.90 Å². The van der Waals surface area contributed by atoms with Crippen LogP contribution >= 0.6 is 11.6 Å². The number of halogens is 1. The molecule has 1 aliphatic rings. The summed E-state index contributed by atoms with van der Waals surface area (Å²) >= 11 is 5.93. The number of hydrogen-bond donors (Lipinski definition) is 1. The highest BCUT2D eigenvalue weighted by atomic mass is 35.5. The lowest BCUT2D eigenvalue weighted by Crippen LogP contribution is -3.11. The van der Waals surface area contributed by atoms with E-state index >= 15 is 0 Å². The third kappa shape index (κ3) is 3.34. The van der Waals surface area contributed by atoms with Gasteiger partial charge in [-0.15, -0.1) is 10.2 Å². The van der Waals surface area contributed by atoms with Crippen molar-refractivity contribution in [1.82, 2.24) is 14.8 Å². The minimum Gasteiger partial charge on any atom is -0.415 e. The van der Waals surface area contributed by atoms with Crippen molar-refractivity contribution in [3.8, 4) is 11.5 Å². The summed E-state index contributed by atoms with van der Waals surface area (Å²) in [7, 11) is 0. The number of quaternary nitrogens is 1. The van der Waals surface area contributed by atoms with E-state index in [2.05, 4.69) is 10.2 Å². The van der Waals surface area contributed by atoms with Crippen LogP contribution in [0.2, 0.25) is 5.02 Å². The van der Waals surface area contributed by atoms with Gasteiger partial charge in [0.15, 0.2) is 18.8 Å². The number of nitrogens with one attached hydrogen (secondary N) is 1. The highest BCUT2D eigenvalue weighted by molar-refractivity contribution is 6.30. The molecule has 0 radical (unpaired) electrons. The second-order valence-corrected chi connectivity index (χ2v) is 7.48. The van der Waals surface area contributed by atoms with Crippen LogP contribution in [0.5, 0.6) is 0 Å². The molecule has 0 bridgehead atoms. The third-order valence-electron chi connectivity index (χ3n) is 5.03. The van der Waals surface area contributed by atoms with Gasteiger partial charge in [-0.2, -0.15) is 0 Å². The molecule has 2 heterocycles. The SMILES string of the molecule is O=c1oc2ccccc2n1C[NH+](Cc1nnc(-c2ccc(Cl)cc2)o1)C1CC1. The van der Waals surface area contributed by atoms with Gasteiger partial charge in [0.25, 0.3) is 5.89 Å². The van der Waals surface area contributed by atoms with Gasteiger partial charge in [0.05, 0.1) is 11.6 Å². The van der Waals surface area contributed by atoms with Crippen LogP contribution in [0.3, 0.4) is 0 Å². The predicted octanol–water partition coefficient (Wildman–Crippen LogP) is 2.50. The van der Waals surface area contributed by atoms with E-state index in [-0.39, 0.29) is 5.76 Å². The van der Waals surface area contributed by atoms with E-state index in [4.69, 9.17) is 20.4 Å². The van der Waals surface area contributed by atoms with E-state index in [0.717, 1.165) is 23.9 Å². The Morgan fingerprint density at radius 3 is 2.64 bits per heavy atom. The Morgan fingerprint density at radius 1 is 1.07 bits per heavy atom. The number of benzene rings is 2. The fourth-order valence-corrected chi connectivity index (χ4v) is 3.54. The van der Waals surface area contributed by atoms with Crippen LogP contribution < -0.4 is 10.7 Å². The maximum Gasteiger partial charge on any atom is 0.424 e. The number of aromatic nitrogens is 3. The molecule has 0 saturated heterocycles. The van der Waals surface area contributed by atoms with Gasteiger partial charge in [0.2, 0.25) is 5.89 Å². The fraction of sp³-hybridized carbons (Fsp3) is 0.250. The molecule has 1 saturated carbocycles. The topological polar surface area (TPSA) is 78.5 Å². The minimum absolute atomic E-state index is 0.341. The summed E-state index contributed by atoms with van der Waals surface area (Å²) in [5, 5.41) is 9.01. The molecule has 28 heavy (non-hydrogen) atoms. The van der Waals surface area contributed by atoms with Crippen molar-refractivity contribution in [3.05, 3.63) is 70.0 Å². The molecule has 1 N–H and O–H groups in total. The minimum atomic E-state index is -0.341. The van der Waals surface area contributed by atoms with Crippen LogP contribution in [-0.4, -0.2) is 20.8 Å². The molecule has 8 heteroatoms. The van der Waals surface area contributed by atoms with Crippen LogP contribution in [0.4, 0.5) is 0 Å². The number of hydrogen-bond acceptors (Lipinski definition) is 5. The average molecular weight is 398 g/mol. The predicted molar refractivity (Wildman–Crippen MR) is 103 cm³/mol. The standard InChI is InChI=1S/C20H17ClN4O3/c21-14-7-5-13(6-8-14)19-23-22-18(28-19)11-24(15-9-10-15)12-25-16-3-1-2-4-17(16)27-20(25)26/h1-8,15H,9-12H2/p+1. The van der Waals surface area contributed by atoms with Crippen molar-refractivity contribution >= 4 is 22.7 Å². The lowest BCUT2D eigenvalue weighted by molar-refractivity contribution is -0.948. The lowest BCUT2D eigenvalue weighted by Gasteiger charge is -2.17. The summed E-state index contributed by atoms with van der Waals surface area (Å²) in [6.45, 7) is 1.05. The first-order valence-corrected chi connectivity index (χ1v) is 9.56. The van der Waals surface area contributed by atoms with E-state index in [0.29, 0.717) is 41.6 Å². The van der Waals surface area contributed by atoms with Gasteiger partial charge in [-0.05, 0) is 36.4 Å². The van der Waals surface area contributed by atoms with Gasteiger partial charge in [-0.1, -0.05) is 23.7 Å². The Morgan fingerprint density at radius 2 is 1.86 bits per heavy atom. The molecule has 0 spiro atoms. The molecule has 1 unspecified atom stereocenters. The molecular formula is C20H18ClN4O3+. The molecule has 7 nitrogen and oxygen atoms in total. The molecule has 1 atom stereocenters. The summed E-state index contributed by atoms with van der Waals surface area (Å²) in [6.07, 6.45) is 2.25. The van der Waals surface area contributed by atoms with Crippen LogP contribution in [0, 0.1) is 0 Å².